The van der Waals surface area contributed by atoms with Gasteiger partial charge in [-0.15, -0.1) is 0 Å². The normalized spacial score (nSPS) is 9.76. The summed E-state index contributed by atoms with van der Waals surface area (Å²) in [5.41, 5.74) is 5.70. The van der Waals surface area contributed by atoms with Crippen molar-refractivity contribution in [2.75, 3.05) is 6.54 Å². The van der Waals surface area contributed by atoms with Gasteiger partial charge in [0.25, 0.3) is 0 Å². The van der Waals surface area contributed by atoms with Crippen molar-refractivity contribution in [3.05, 3.63) is 46.4 Å². The van der Waals surface area contributed by atoms with Crippen LogP contribution in [0.15, 0.2) is 29.3 Å². The molecule has 0 aliphatic carbocycles. The highest BCUT2D eigenvalue weighted by Gasteiger charge is 2.06. The first-order chi connectivity index (χ1) is 8.22. The molecule has 0 unspecified atom stereocenters. The Balaban J connectivity index is 2.62. The van der Waals surface area contributed by atoms with E-state index in [2.05, 4.69) is 22.0 Å². The fourth-order valence-corrected chi connectivity index (χ4v) is 1.38. The van der Waals surface area contributed by atoms with Gasteiger partial charge in [0.1, 0.15) is 12.1 Å². The molecule has 0 fully saturated rings. The minimum absolute atomic E-state index is 0.163. The van der Waals surface area contributed by atoms with Crippen molar-refractivity contribution in [1.82, 2.24) is 14.8 Å². The van der Waals surface area contributed by atoms with Gasteiger partial charge in [-0.05, 0) is 18.2 Å². The van der Waals surface area contributed by atoms with Gasteiger partial charge in [0.05, 0.1) is 17.8 Å². The van der Waals surface area contributed by atoms with Crippen molar-refractivity contribution in [1.29, 1.82) is 0 Å². The van der Waals surface area contributed by atoms with E-state index in [4.69, 9.17) is 5.73 Å². The lowest BCUT2D eigenvalue weighted by atomic mass is 10.1. The summed E-state index contributed by atoms with van der Waals surface area (Å²) < 4.78 is 14.4. The molecule has 6 heteroatoms. The van der Waals surface area contributed by atoms with Gasteiger partial charge in [0.2, 0.25) is 0 Å². The second kappa shape index (κ2) is 4.63. The van der Waals surface area contributed by atoms with Crippen LogP contribution in [0, 0.1) is 17.7 Å². The Labute approximate surface area is 96.1 Å². The minimum Gasteiger partial charge on any atom is -0.320 e. The Bertz CT molecular complexity index is 647. The largest absolute Gasteiger partial charge is 0.347 e. The number of rotatable bonds is 1. The van der Waals surface area contributed by atoms with Gasteiger partial charge in [0.15, 0.2) is 0 Å². The minimum atomic E-state index is -0.424. The number of aromatic amines is 1. The van der Waals surface area contributed by atoms with Crippen molar-refractivity contribution in [2.45, 2.75) is 0 Å². The van der Waals surface area contributed by atoms with Crippen LogP contribution < -0.4 is 11.4 Å². The number of halogens is 1. The Morgan fingerprint density at radius 3 is 3.00 bits per heavy atom. The predicted molar refractivity (Wildman–Crippen MR) is 60.1 cm³/mol. The van der Waals surface area contributed by atoms with Crippen molar-refractivity contribution in [3.8, 4) is 17.5 Å². The fourth-order valence-electron chi connectivity index (χ4n) is 1.38. The number of hydrogen-bond acceptors (Lipinski definition) is 3. The second-order valence-electron chi connectivity index (χ2n) is 3.20. The summed E-state index contributed by atoms with van der Waals surface area (Å²) in [6, 6.07) is 3.96. The smallest absolute Gasteiger partial charge is 0.320 e. The highest BCUT2D eigenvalue weighted by Crippen LogP contribution is 2.13. The van der Waals surface area contributed by atoms with E-state index < -0.39 is 11.5 Å². The summed E-state index contributed by atoms with van der Waals surface area (Å²) in [6.45, 7) is 0.163. The number of hydrogen-bond donors (Lipinski definition) is 2. The van der Waals surface area contributed by atoms with Crippen molar-refractivity contribution < 1.29 is 4.39 Å². The number of nitrogens with two attached hydrogens (primary N) is 1. The zero-order valence-electron chi connectivity index (χ0n) is 8.77. The van der Waals surface area contributed by atoms with Crippen LogP contribution in [0.3, 0.4) is 0 Å². The fraction of sp³-hybridized carbons (Fsp3) is 0.0909. The van der Waals surface area contributed by atoms with Gasteiger partial charge in [0, 0.05) is 0 Å². The molecule has 0 aliphatic rings. The molecule has 5 nitrogen and oxygen atoms in total. The summed E-state index contributed by atoms with van der Waals surface area (Å²) in [5.74, 6) is 4.91. The van der Waals surface area contributed by atoms with Crippen LogP contribution in [-0.2, 0) is 0 Å². The molecule has 0 atom stereocenters. The molecule has 1 aromatic carbocycles. The van der Waals surface area contributed by atoms with Crippen molar-refractivity contribution >= 4 is 0 Å². The zero-order valence-corrected chi connectivity index (χ0v) is 8.77. The molecular weight excluding hydrogens is 223 g/mol. The average Bonchev–Trinajstić information content (AvgIpc) is 2.73. The highest BCUT2D eigenvalue weighted by molar-refractivity contribution is 5.51. The molecule has 0 radical (unpaired) electrons. The van der Waals surface area contributed by atoms with E-state index in [0.717, 1.165) is 0 Å². The van der Waals surface area contributed by atoms with Gasteiger partial charge in [-0.2, -0.15) is 5.10 Å². The molecule has 1 heterocycles. The molecule has 0 amide bonds. The van der Waals surface area contributed by atoms with E-state index in [-0.39, 0.29) is 6.54 Å². The lowest BCUT2D eigenvalue weighted by Crippen LogP contribution is -2.15. The summed E-state index contributed by atoms with van der Waals surface area (Å²) in [6.07, 6.45) is 1.31. The molecule has 1 aromatic heterocycles. The Kier molecular flexibility index (Phi) is 3.03. The van der Waals surface area contributed by atoms with Gasteiger partial charge >= 0.3 is 5.69 Å². The molecule has 2 aromatic rings. The maximum atomic E-state index is 13.1. The maximum Gasteiger partial charge on any atom is 0.347 e. The highest BCUT2D eigenvalue weighted by atomic mass is 19.1. The first-order valence-electron chi connectivity index (χ1n) is 4.83. The number of aromatic nitrogens is 3. The van der Waals surface area contributed by atoms with Gasteiger partial charge in [-0.3, -0.25) is 0 Å². The number of nitrogens with zero attached hydrogens (tertiary/aromatic N) is 2. The third kappa shape index (κ3) is 2.24. The quantitative estimate of drug-likeness (QED) is 0.680. The summed E-state index contributed by atoms with van der Waals surface area (Å²) >= 11 is 0. The van der Waals surface area contributed by atoms with E-state index >= 15 is 0 Å². The number of benzene rings is 1. The molecule has 0 saturated heterocycles. The maximum absolute atomic E-state index is 13.1. The molecule has 86 valence electrons. The zero-order chi connectivity index (χ0) is 12.3. The summed E-state index contributed by atoms with van der Waals surface area (Å²) in [5, 5.41) is 5.86. The van der Waals surface area contributed by atoms with E-state index in [0.29, 0.717) is 11.3 Å². The standard InChI is InChI=1S/C11H9FN4O/c12-9-3-4-10(8(6-9)2-1-5-13)16-7-14-15-11(16)17/h3-4,6-7H,5,13H2,(H,15,17). The molecule has 0 spiro atoms. The van der Waals surface area contributed by atoms with Gasteiger partial charge in [-0.1, -0.05) is 11.8 Å². The van der Waals surface area contributed by atoms with Crippen molar-refractivity contribution in [2.24, 2.45) is 5.73 Å². The number of nitrogens with one attached hydrogen (secondary N) is 1. The molecule has 0 aliphatic heterocycles. The Morgan fingerprint density at radius 2 is 2.35 bits per heavy atom. The van der Waals surface area contributed by atoms with Gasteiger partial charge in [-0.25, -0.2) is 18.9 Å². The van der Waals surface area contributed by atoms with E-state index in [1.165, 1.54) is 29.1 Å². The Hall–Kier alpha value is -2.39. The molecule has 2 rings (SSSR count). The average molecular weight is 232 g/mol. The van der Waals surface area contributed by atoms with Gasteiger partial charge < -0.3 is 5.73 Å². The summed E-state index contributed by atoms with van der Waals surface area (Å²) in [7, 11) is 0. The number of H-pyrrole nitrogens is 1. The van der Waals surface area contributed by atoms with Crippen molar-refractivity contribution in [3.63, 3.8) is 0 Å². The van der Waals surface area contributed by atoms with Crippen LogP contribution in [0.4, 0.5) is 4.39 Å². The van der Waals surface area contributed by atoms with Crippen LogP contribution in [0.25, 0.3) is 5.69 Å². The third-order valence-electron chi connectivity index (χ3n) is 2.10. The third-order valence-corrected chi connectivity index (χ3v) is 2.10. The lowest BCUT2D eigenvalue weighted by Gasteiger charge is -2.03. The molecule has 0 bridgehead atoms. The van der Waals surface area contributed by atoms with E-state index in [1.54, 1.807) is 0 Å². The monoisotopic (exact) mass is 232 g/mol. The molecule has 0 saturated carbocycles. The van der Waals surface area contributed by atoms with E-state index in [1.807, 2.05) is 0 Å². The first-order valence-corrected chi connectivity index (χ1v) is 4.83. The van der Waals surface area contributed by atoms with Crippen LogP contribution in [0.2, 0.25) is 0 Å². The second-order valence-corrected chi connectivity index (χ2v) is 3.20. The lowest BCUT2D eigenvalue weighted by molar-refractivity contribution is 0.627. The Morgan fingerprint density at radius 1 is 1.53 bits per heavy atom. The van der Waals surface area contributed by atoms with Crippen LogP contribution in [0.1, 0.15) is 5.56 Å². The van der Waals surface area contributed by atoms with E-state index in [9.17, 15) is 9.18 Å². The summed E-state index contributed by atoms with van der Waals surface area (Å²) in [4.78, 5) is 11.4. The van der Waals surface area contributed by atoms with Crippen LogP contribution in [-0.4, -0.2) is 21.3 Å². The molecule has 3 N–H and O–H groups in total. The van der Waals surface area contributed by atoms with Crippen LogP contribution in [0.5, 0.6) is 0 Å². The SMILES string of the molecule is NCC#Cc1cc(F)ccc1-n1cn[nH]c1=O. The topological polar surface area (TPSA) is 76.7 Å². The van der Waals surface area contributed by atoms with Crippen LogP contribution >= 0.6 is 0 Å². The molecule has 17 heavy (non-hydrogen) atoms. The predicted octanol–water partition coefficient (Wildman–Crippen LogP) is 0.00990. The molecular formula is C11H9FN4O. The first kappa shape index (κ1) is 11.1.